The number of nitrogens with one attached hydrogen (secondary N) is 2. The van der Waals surface area contributed by atoms with Crippen molar-refractivity contribution in [1.29, 1.82) is 0 Å². The van der Waals surface area contributed by atoms with Crippen molar-refractivity contribution < 1.29 is 4.74 Å². The third kappa shape index (κ3) is 7.10. The number of hydrogen-bond donors (Lipinski definition) is 2. The number of hydrogen-bond acceptors (Lipinski definition) is 4. The van der Waals surface area contributed by atoms with Gasteiger partial charge >= 0.3 is 0 Å². The molecule has 1 aromatic rings. The van der Waals surface area contributed by atoms with Gasteiger partial charge in [0, 0.05) is 53.1 Å². The summed E-state index contributed by atoms with van der Waals surface area (Å²) in [6.07, 6.45) is 6.93. The molecule has 0 aliphatic heterocycles. The minimum atomic E-state index is 0. The fraction of sp³-hybridized carbons (Fsp3) is 0.700. The Balaban J connectivity index is 0.00000364. The van der Waals surface area contributed by atoms with Crippen LogP contribution in [-0.2, 0) is 11.3 Å². The van der Waals surface area contributed by atoms with Gasteiger partial charge in [-0.15, -0.1) is 24.0 Å². The third-order valence-electron chi connectivity index (χ3n) is 5.46. The predicted molar refractivity (Wildman–Crippen MR) is 124 cm³/mol. The van der Waals surface area contributed by atoms with Gasteiger partial charge in [0.15, 0.2) is 5.96 Å². The molecule has 0 unspecified atom stereocenters. The van der Waals surface area contributed by atoms with E-state index in [0.29, 0.717) is 5.41 Å². The number of guanidine groups is 1. The SMILES string of the molecule is CCN(CC)c1ccc(CNC(=NC)NCC2(CCOC)CCC2)cn1.I. The lowest BCUT2D eigenvalue weighted by atomic mass is 9.67. The van der Waals surface area contributed by atoms with Crippen LogP contribution in [0.3, 0.4) is 0 Å². The van der Waals surface area contributed by atoms with Crippen LogP contribution in [0.1, 0.15) is 45.1 Å². The van der Waals surface area contributed by atoms with E-state index in [0.717, 1.165) is 56.5 Å². The van der Waals surface area contributed by atoms with Gasteiger partial charge < -0.3 is 20.3 Å². The van der Waals surface area contributed by atoms with E-state index < -0.39 is 0 Å². The van der Waals surface area contributed by atoms with Crippen molar-refractivity contribution >= 4 is 35.8 Å². The van der Waals surface area contributed by atoms with Crippen LogP contribution in [-0.4, -0.2) is 51.3 Å². The fourth-order valence-electron chi connectivity index (χ4n) is 3.44. The van der Waals surface area contributed by atoms with Gasteiger partial charge in [-0.1, -0.05) is 12.5 Å². The van der Waals surface area contributed by atoms with Crippen LogP contribution < -0.4 is 15.5 Å². The van der Waals surface area contributed by atoms with Crippen LogP contribution in [0.5, 0.6) is 0 Å². The van der Waals surface area contributed by atoms with Crippen LogP contribution in [0.2, 0.25) is 0 Å². The fourth-order valence-corrected chi connectivity index (χ4v) is 3.44. The van der Waals surface area contributed by atoms with E-state index in [1.807, 2.05) is 13.2 Å². The topological polar surface area (TPSA) is 61.8 Å². The molecule has 2 rings (SSSR count). The first-order chi connectivity index (χ1) is 12.7. The Labute approximate surface area is 181 Å². The van der Waals surface area contributed by atoms with E-state index in [4.69, 9.17) is 4.74 Å². The van der Waals surface area contributed by atoms with Gasteiger partial charge in [0.25, 0.3) is 0 Å². The normalized spacial score (nSPS) is 15.5. The Kier molecular flexibility index (Phi) is 11.0. The number of ether oxygens (including phenoxy) is 1. The van der Waals surface area contributed by atoms with E-state index in [1.54, 1.807) is 7.11 Å². The Morgan fingerprint density at radius 1 is 1.26 bits per heavy atom. The van der Waals surface area contributed by atoms with E-state index >= 15 is 0 Å². The quantitative estimate of drug-likeness (QED) is 0.300. The van der Waals surface area contributed by atoms with Crippen molar-refractivity contribution in [3.05, 3.63) is 23.9 Å². The molecule has 1 fully saturated rings. The summed E-state index contributed by atoms with van der Waals surface area (Å²) >= 11 is 0. The maximum absolute atomic E-state index is 5.27. The standard InChI is InChI=1S/C20H35N5O.HI/c1-5-25(6-2)18-9-8-17(14-22-18)15-23-19(21-3)24-16-20(10-7-11-20)12-13-26-4;/h8-9,14H,5-7,10-13,15-16H2,1-4H3,(H2,21,23,24);1H. The molecule has 7 heteroatoms. The number of nitrogens with zero attached hydrogens (tertiary/aromatic N) is 3. The highest BCUT2D eigenvalue weighted by atomic mass is 127. The second kappa shape index (κ2) is 12.4. The summed E-state index contributed by atoms with van der Waals surface area (Å²) in [5.41, 5.74) is 1.53. The second-order valence-corrected chi connectivity index (χ2v) is 7.07. The van der Waals surface area contributed by atoms with Gasteiger partial charge in [-0.05, 0) is 50.2 Å². The third-order valence-corrected chi connectivity index (χ3v) is 5.46. The molecule has 1 saturated carbocycles. The maximum Gasteiger partial charge on any atom is 0.191 e. The number of halogens is 1. The first-order valence-corrected chi connectivity index (χ1v) is 9.79. The van der Waals surface area contributed by atoms with Crippen molar-refractivity contribution in [2.75, 3.05) is 45.3 Å². The van der Waals surface area contributed by atoms with E-state index in [9.17, 15) is 0 Å². The summed E-state index contributed by atoms with van der Waals surface area (Å²) < 4.78 is 5.27. The summed E-state index contributed by atoms with van der Waals surface area (Å²) in [6.45, 7) is 8.75. The van der Waals surface area contributed by atoms with Crippen molar-refractivity contribution in [2.24, 2.45) is 10.4 Å². The van der Waals surface area contributed by atoms with Gasteiger partial charge in [0.1, 0.15) is 5.82 Å². The van der Waals surface area contributed by atoms with Crippen molar-refractivity contribution in [3.8, 4) is 0 Å². The van der Waals surface area contributed by atoms with Crippen molar-refractivity contribution in [1.82, 2.24) is 15.6 Å². The molecule has 6 nitrogen and oxygen atoms in total. The molecule has 0 spiro atoms. The van der Waals surface area contributed by atoms with E-state index in [2.05, 4.69) is 51.5 Å². The van der Waals surface area contributed by atoms with Crippen LogP contribution in [0.4, 0.5) is 5.82 Å². The number of anilines is 1. The summed E-state index contributed by atoms with van der Waals surface area (Å²) in [7, 11) is 3.60. The lowest BCUT2D eigenvalue weighted by Gasteiger charge is -2.42. The molecular weight excluding hydrogens is 453 g/mol. The molecule has 0 bridgehead atoms. The molecule has 154 valence electrons. The van der Waals surface area contributed by atoms with Crippen molar-refractivity contribution in [2.45, 2.75) is 46.1 Å². The largest absolute Gasteiger partial charge is 0.385 e. The Bertz CT molecular complexity index is 556. The number of methoxy groups -OCH3 is 1. The monoisotopic (exact) mass is 489 g/mol. The molecule has 2 N–H and O–H groups in total. The van der Waals surface area contributed by atoms with Gasteiger partial charge in [0.05, 0.1) is 0 Å². The van der Waals surface area contributed by atoms with Gasteiger partial charge in [-0.3, -0.25) is 4.99 Å². The summed E-state index contributed by atoms with van der Waals surface area (Å²) in [6, 6.07) is 4.22. The summed E-state index contributed by atoms with van der Waals surface area (Å²) in [4.78, 5) is 11.2. The van der Waals surface area contributed by atoms with E-state index in [1.165, 1.54) is 19.3 Å². The highest BCUT2D eigenvalue weighted by Gasteiger charge is 2.36. The first kappa shape index (κ1) is 23.9. The Morgan fingerprint density at radius 2 is 2.00 bits per heavy atom. The van der Waals surface area contributed by atoms with Crippen molar-refractivity contribution in [3.63, 3.8) is 0 Å². The molecule has 1 heterocycles. The number of rotatable bonds is 10. The highest BCUT2D eigenvalue weighted by molar-refractivity contribution is 14.0. The molecule has 0 radical (unpaired) electrons. The smallest absolute Gasteiger partial charge is 0.191 e. The lowest BCUT2D eigenvalue weighted by Crippen LogP contribution is -2.46. The molecule has 0 amide bonds. The van der Waals surface area contributed by atoms with Crippen LogP contribution in [0.15, 0.2) is 23.3 Å². The Morgan fingerprint density at radius 3 is 2.48 bits per heavy atom. The molecule has 1 aliphatic rings. The molecule has 1 aliphatic carbocycles. The average molecular weight is 489 g/mol. The lowest BCUT2D eigenvalue weighted by molar-refractivity contribution is 0.0732. The first-order valence-electron chi connectivity index (χ1n) is 9.79. The number of aliphatic imine (C=N–C) groups is 1. The van der Waals surface area contributed by atoms with Gasteiger partial charge in [-0.25, -0.2) is 4.98 Å². The van der Waals surface area contributed by atoms with E-state index in [-0.39, 0.29) is 24.0 Å². The Hall–Kier alpha value is -1.09. The molecule has 27 heavy (non-hydrogen) atoms. The molecule has 0 aromatic carbocycles. The minimum absolute atomic E-state index is 0. The molecule has 1 aromatic heterocycles. The van der Waals surface area contributed by atoms with Gasteiger partial charge in [-0.2, -0.15) is 0 Å². The zero-order valence-corrected chi connectivity index (χ0v) is 19.6. The van der Waals surface area contributed by atoms with Crippen LogP contribution in [0.25, 0.3) is 0 Å². The molecule has 0 atom stereocenters. The van der Waals surface area contributed by atoms with Gasteiger partial charge in [0.2, 0.25) is 0 Å². The second-order valence-electron chi connectivity index (χ2n) is 7.07. The molecule has 0 saturated heterocycles. The predicted octanol–water partition coefficient (Wildman–Crippen LogP) is 3.42. The number of pyridine rings is 1. The summed E-state index contributed by atoms with van der Waals surface area (Å²) in [5, 5.41) is 6.89. The average Bonchev–Trinajstić information content (AvgIpc) is 2.65. The maximum atomic E-state index is 5.27. The summed E-state index contributed by atoms with van der Waals surface area (Å²) in [5.74, 6) is 1.88. The zero-order chi connectivity index (χ0) is 18.8. The van der Waals surface area contributed by atoms with Crippen LogP contribution in [0, 0.1) is 5.41 Å². The zero-order valence-electron chi connectivity index (χ0n) is 17.3. The molecular formula is C20H36IN5O. The minimum Gasteiger partial charge on any atom is -0.385 e. The van der Waals surface area contributed by atoms with Crippen LogP contribution >= 0.6 is 24.0 Å². The highest BCUT2D eigenvalue weighted by Crippen LogP contribution is 2.43. The number of aromatic nitrogens is 1.